The Morgan fingerprint density at radius 2 is 1.67 bits per heavy atom. The summed E-state index contributed by atoms with van der Waals surface area (Å²) < 4.78 is 9.64. The van der Waals surface area contributed by atoms with Crippen molar-refractivity contribution >= 4 is 34.9 Å². The van der Waals surface area contributed by atoms with Crippen LogP contribution < -0.4 is 4.90 Å². The number of hydrogen-bond acceptors (Lipinski definition) is 6. The fraction of sp³-hybridized carbons (Fsp3) is 0.385. The number of rotatable bonds is 4. The molecule has 0 aliphatic carbocycles. The van der Waals surface area contributed by atoms with Gasteiger partial charge < -0.3 is 14.4 Å². The highest BCUT2D eigenvalue weighted by Gasteiger charge is 2.48. The highest BCUT2D eigenvalue weighted by molar-refractivity contribution is 6.55. The van der Waals surface area contributed by atoms with E-state index < -0.39 is 11.9 Å². The summed E-state index contributed by atoms with van der Waals surface area (Å²) in [5.74, 6) is -1.09. The maximum Gasteiger partial charge on any atom is 0.337 e. The topological polar surface area (TPSA) is 85.3 Å². The van der Waals surface area contributed by atoms with Crippen molar-refractivity contribution in [3.05, 3.63) is 58.1 Å². The predicted octanol–water partition coefficient (Wildman–Crippen LogP) is 4.58. The van der Waals surface area contributed by atoms with Crippen LogP contribution in [0.1, 0.15) is 77.4 Å². The van der Waals surface area contributed by atoms with Crippen molar-refractivity contribution in [2.24, 2.45) is 4.99 Å². The molecule has 1 atom stereocenters. The molecule has 2 aromatic carbocycles. The first-order chi connectivity index (χ1) is 15.6. The molecule has 1 unspecified atom stereocenters. The molecule has 7 nitrogen and oxygen atoms in total. The van der Waals surface area contributed by atoms with Crippen LogP contribution in [-0.2, 0) is 20.7 Å². The first-order valence-corrected chi connectivity index (χ1v) is 11.0. The number of carbonyl (C=O) groups is 3. The third-order valence-electron chi connectivity index (χ3n) is 6.43. The standard InChI is InChI=1S/C26H28N2O5/c1-7-15-8-19-14(2)13-26(3,4)28-22(19)20(9-15)21(23(28)29)27-18-11-16(24(30)32-5)10-17(12-18)25(31)33-6/h8-12,14H,7,13H2,1-6H3. The van der Waals surface area contributed by atoms with Crippen molar-refractivity contribution in [1.29, 1.82) is 0 Å². The van der Waals surface area contributed by atoms with Gasteiger partial charge in [-0.05, 0) is 68.0 Å². The minimum Gasteiger partial charge on any atom is -0.465 e. The second-order valence-corrected chi connectivity index (χ2v) is 9.21. The van der Waals surface area contributed by atoms with Crippen LogP contribution in [0.3, 0.4) is 0 Å². The number of aliphatic imine (C=N–C) groups is 1. The lowest BCUT2D eigenvalue weighted by molar-refractivity contribution is -0.113. The molecule has 172 valence electrons. The molecule has 7 heteroatoms. The van der Waals surface area contributed by atoms with Gasteiger partial charge in [0.05, 0.1) is 36.7 Å². The van der Waals surface area contributed by atoms with Crippen LogP contribution in [0, 0.1) is 0 Å². The van der Waals surface area contributed by atoms with Crippen molar-refractivity contribution in [1.82, 2.24) is 0 Å². The third-order valence-corrected chi connectivity index (χ3v) is 6.43. The van der Waals surface area contributed by atoms with E-state index in [1.54, 1.807) is 0 Å². The number of benzene rings is 2. The smallest absolute Gasteiger partial charge is 0.337 e. The van der Waals surface area contributed by atoms with Gasteiger partial charge in [0.1, 0.15) is 5.71 Å². The van der Waals surface area contributed by atoms with Crippen LogP contribution in [0.2, 0.25) is 0 Å². The number of anilines is 1. The largest absolute Gasteiger partial charge is 0.465 e. The van der Waals surface area contributed by atoms with Crippen LogP contribution >= 0.6 is 0 Å². The number of esters is 2. The summed E-state index contributed by atoms with van der Waals surface area (Å²) in [7, 11) is 2.53. The fourth-order valence-corrected chi connectivity index (χ4v) is 4.96. The molecular weight excluding hydrogens is 420 g/mol. The van der Waals surface area contributed by atoms with Gasteiger partial charge in [0, 0.05) is 11.1 Å². The van der Waals surface area contributed by atoms with Crippen LogP contribution in [0.5, 0.6) is 0 Å². The van der Waals surface area contributed by atoms with E-state index in [1.165, 1.54) is 32.4 Å². The van der Waals surface area contributed by atoms with E-state index in [2.05, 4.69) is 38.8 Å². The Morgan fingerprint density at radius 1 is 1.06 bits per heavy atom. The van der Waals surface area contributed by atoms with Crippen molar-refractivity contribution < 1.29 is 23.9 Å². The molecule has 0 spiro atoms. The molecule has 0 aromatic heterocycles. The lowest BCUT2D eigenvalue weighted by Crippen LogP contribution is -2.50. The molecule has 1 amide bonds. The van der Waals surface area contributed by atoms with Gasteiger partial charge in [-0.2, -0.15) is 0 Å². The number of methoxy groups -OCH3 is 2. The van der Waals surface area contributed by atoms with E-state index in [1.807, 2.05) is 11.0 Å². The Bertz CT molecular complexity index is 1180. The summed E-state index contributed by atoms with van der Waals surface area (Å²) in [6, 6.07) is 8.63. The third kappa shape index (κ3) is 3.71. The van der Waals surface area contributed by atoms with E-state index in [0.717, 1.165) is 35.2 Å². The Labute approximate surface area is 193 Å². The lowest BCUT2D eigenvalue weighted by Gasteiger charge is -2.43. The van der Waals surface area contributed by atoms with Gasteiger partial charge in [-0.1, -0.05) is 19.9 Å². The zero-order valence-electron chi connectivity index (χ0n) is 19.8. The maximum atomic E-state index is 13.7. The molecule has 4 rings (SSSR count). The number of amides is 1. The minimum atomic E-state index is -0.606. The number of nitrogens with zero attached hydrogens (tertiary/aromatic N) is 2. The quantitative estimate of drug-likeness (QED) is 0.640. The summed E-state index contributed by atoms with van der Waals surface area (Å²) in [5, 5.41) is 0. The van der Waals surface area contributed by atoms with E-state index in [-0.39, 0.29) is 22.6 Å². The number of aryl methyl sites for hydroxylation is 1. The van der Waals surface area contributed by atoms with Crippen molar-refractivity contribution in [3.63, 3.8) is 0 Å². The molecule has 33 heavy (non-hydrogen) atoms. The zero-order chi connectivity index (χ0) is 24.1. The second-order valence-electron chi connectivity index (χ2n) is 9.21. The zero-order valence-corrected chi connectivity index (χ0v) is 19.8. The predicted molar refractivity (Wildman–Crippen MR) is 126 cm³/mol. The first kappa shape index (κ1) is 22.7. The normalized spacial score (nSPS) is 19.5. The monoisotopic (exact) mass is 448 g/mol. The lowest BCUT2D eigenvalue weighted by atomic mass is 9.79. The van der Waals surface area contributed by atoms with Gasteiger partial charge in [-0.15, -0.1) is 0 Å². The Balaban J connectivity index is 1.95. The molecule has 0 N–H and O–H groups in total. The van der Waals surface area contributed by atoms with Gasteiger partial charge in [-0.25, -0.2) is 14.6 Å². The second kappa shape index (κ2) is 8.14. The van der Waals surface area contributed by atoms with E-state index in [9.17, 15) is 14.4 Å². The Kier molecular flexibility index (Phi) is 5.60. The molecule has 2 aliphatic rings. The number of hydrogen-bond donors (Lipinski definition) is 0. The Morgan fingerprint density at radius 3 is 2.21 bits per heavy atom. The van der Waals surface area contributed by atoms with Gasteiger partial charge in [0.2, 0.25) is 0 Å². The summed E-state index contributed by atoms with van der Waals surface area (Å²) in [6.07, 6.45) is 1.68. The van der Waals surface area contributed by atoms with Gasteiger partial charge in [0.15, 0.2) is 0 Å². The van der Waals surface area contributed by atoms with Gasteiger partial charge in [0.25, 0.3) is 5.91 Å². The van der Waals surface area contributed by atoms with Gasteiger partial charge >= 0.3 is 11.9 Å². The van der Waals surface area contributed by atoms with Crippen molar-refractivity contribution in [2.75, 3.05) is 19.1 Å². The van der Waals surface area contributed by atoms with Gasteiger partial charge in [-0.3, -0.25) is 4.79 Å². The summed E-state index contributed by atoms with van der Waals surface area (Å²) in [5.41, 5.74) is 4.55. The number of ether oxygens (including phenoxy) is 2. The summed E-state index contributed by atoms with van der Waals surface area (Å²) in [6.45, 7) is 8.41. The molecule has 2 heterocycles. The maximum absolute atomic E-state index is 13.7. The highest BCUT2D eigenvalue weighted by Crippen LogP contribution is 2.49. The van der Waals surface area contributed by atoms with Crippen LogP contribution in [0.25, 0.3) is 0 Å². The molecule has 0 saturated heterocycles. The van der Waals surface area contributed by atoms with Crippen LogP contribution in [0.15, 0.2) is 35.3 Å². The van der Waals surface area contributed by atoms with Crippen LogP contribution in [0.4, 0.5) is 11.4 Å². The molecule has 0 fully saturated rings. The average Bonchev–Trinajstić information content (AvgIpc) is 3.08. The highest BCUT2D eigenvalue weighted by atomic mass is 16.5. The van der Waals surface area contributed by atoms with E-state index in [0.29, 0.717) is 17.3 Å². The summed E-state index contributed by atoms with van der Waals surface area (Å²) >= 11 is 0. The average molecular weight is 449 g/mol. The minimum absolute atomic E-state index is 0.156. The molecule has 0 radical (unpaired) electrons. The van der Waals surface area contributed by atoms with E-state index in [4.69, 9.17) is 9.47 Å². The molecule has 2 aromatic rings. The molecule has 2 aliphatic heterocycles. The van der Waals surface area contributed by atoms with Crippen molar-refractivity contribution in [3.8, 4) is 0 Å². The molecule has 0 saturated carbocycles. The first-order valence-electron chi connectivity index (χ1n) is 11.0. The van der Waals surface area contributed by atoms with Crippen LogP contribution in [-0.4, -0.2) is 43.3 Å². The number of carbonyl (C=O) groups excluding carboxylic acids is 3. The SMILES string of the molecule is CCc1cc2c3c(c1)C(C)CC(C)(C)N3C(=O)C2=Nc1cc(C(=O)OC)cc(C(=O)OC)c1. The van der Waals surface area contributed by atoms with Crippen molar-refractivity contribution in [2.45, 2.75) is 52.0 Å². The van der Waals surface area contributed by atoms with E-state index >= 15 is 0 Å². The summed E-state index contributed by atoms with van der Waals surface area (Å²) in [4.78, 5) is 44.6. The molecule has 0 bridgehead atoms. The Hall–Kier alpha value is -3.48. The molecular formula is C26H28N2O5. The fourth-order valence-electron chi connectivity index (χ4n) is 4.96.